The number of piperazine rings is 1. The number of aryl methyl sites for hydroxylation is 1. The average Bonchev–Trinajstić information content (AvgIpc) is 3.64. The van der Waals surface area contributed by atoms with Gasteiger partial charge in [-0.15, -0.1) is 0 Å². The molecule has 5 rings (SSSR count). The number of fused-ring (bicyclic) bond motifs is 1. The highest BCUT2D eigenvalue weighted by Gasteiger charge is 2.37. The van der Waals surface area contributed by atoms with Crippen molar-refractivity contribution < 1.29 is 4.39 Å². The third kappa shape index (κ3) is 4.28. The molecule has 3 aromatic rings. The predicted octanol–water partition coefficient (Wildman–Crippen LogP) is 4.11. The number of halogens is 1. The third-order valence-electron chi connectivity index (χ3n) is 8.01. The number of hydrogen-bond acceptors (Lipinski definition) is 6. The lowest BCUT2D eigenvalue weighted by Crippen LogP contribution is -2.59. The Hall–Kier alpha value is -3.25. The van der Waals surface area contributed by atoms with Crippen LogP contribution in [0.3, 0.4) is 0 Å². The zero-order valence-corrected chi connectivity index (χ0v) is 21.5. The molecule has 1 unspecified atom stereocenters. The van der Waals surface area contributed by atoms with Crippen LogP contribution in [0.5, 0.6) is 0 Å². The topological polar surface area (TPSA) is 83.0 Å². The minimum absolute atomic E-state index is 0.0209. The van der Waals surface area contributed by atoms with E-state index in [1.807, 2.05) is 0 Å². The number of rotatable bonds is 7. The number of nitrogens with zero attached hydrogens (tertiary/aromatic N) is 7. The van der Waals surface area contributed by atoms with E-state index in [0.29, 0.717) is 5.92 Å². The third-order valence-corrected chi connectivity index (χ3v) is 8.01. The molecule has 0 spiro atoms. The second-order valence-corrected chi connectivity index (χ2v) is 10.2. The first kappa shape index (κ1) is 24.4. The molecule has 1 saturated carbocycles. The summed E-state index contributed by atoms with van der Waals surface area (Å²) in [6, 6.07) is 5.77. The maximum absolute atomic E-state index is 14.8. The van der Waals surface area contributed by atoms with Crippen LogP contribution in [-0.4, -0.2) is 49.4 Å². The molecule has 3 atom stereocenters. The largest absolute Gasteiger partial charge is 0.364 e. The van der Waals surface area contributed by atoms with Crippen LogP contribution in [0.2, 0.25) is 0 Å². The molecule has 0 amide bonds. The van der Waals surface area contributed by atoms with Crippen LogP contribution in [0.1, 0.15) is 69.7 Å². The first-order chi connectivity index (χ1) is 17.4. The summed E-state index contributed by atoms with van der Waals surface area (Å²) in [5.41, 5.74) is 3.71. The normalized spacial score (nSPS) is 21.6. The highest BCUT2D eigenvalue weighted by atomic mass is 19.1. The lowest BCUT2D eigenvalue weighted by Gasteiger charge is -2.49. The van der Waals surface area contributed by atoms with Crippen molar-refractivity contribution in [2.75, 3.05) is 18.0 Å². The van der Waals surface area contributed by atoms with Crippen LogP contribution in [0, 0.1) is 17.1 Å². The van der Waals surface area contributed by atoms with E-state index in [2.05, 4.69) is 46.7 Å². The second kappa shape index (κ2) is 9.66. The second-order valence-electron chi connectivity index (χ2n) is 10.2. The van der Waals surface area contributed by atoms with E-state index in [0.717, 1.165) is 66.8 Å². The van der Waals surface area contributed by atoms with Crippen molar-refractivity contribution in [3.8, 4) is 6.07 Å². The summed E-state index contributed by atoms with van der Waals surface area (Å²) in [5, 5.41) is 13.8. The van der Waals surface area contributed by atoms with Gasteiger partial charge >= 0.3 is 0 Å². The van der Waals surface area contributed by atoms with Crippen molar-refractivity contribution in [3.05, 3.63) is 52.0 Å². The Morgan fingerprint density at radius 3 is 2.58 bits per heavy atom. The number of pyridine rings is 2. The molecule has 190 valence electrons. The number of hydrogen-bond donors (Lipinski definition) is 0. The summed E-state index contributed by atoms with van der Waals surface area (Å²) in [6.07, 6.45) is 7.41. The molecule has 0 aromatic carbocycles. The quantitative estimate of drug-likeness (QED) is 0.495. The Kier molecular flexibility index (Phi) is 6.56. The van der Waals surface area contributed by atoms with Gasteiger partial charge in [0.2, 0.25) is 0 Å². The van der Waals surface area contributed by atoms with Crippen LogP contribution >= 0.6 is 0 Å². The molecule has 1 saturated heterocycles. The number of nitriles is 1. The molecule has 0 N–H and O–H groups in total. The molecule has 4 heterocycles. The fourth-order valence-electron chi connectivity index (χ4n) is 5.62. The highest BCUT2D eigenvalue weighted by molar-refractivity contribution is 5.88. The predicted molar refractivity (Wildman–Crippen MR) is 137 cm³/mol. The Morgan fingerprint density at radius 2 is 1.94 bits per heavy atom. The van der Waals surface area contributed by atoms with Gasteiger partial charge in [-0.25, -0.2) is 4.39 Å². The van der Waals surface area contributed by atoms with E-state index >= 15 is 0 Å². The Balaban J connectivity index is 1.47. The van der Waals surface area contributed by atoms with E-state index in [9.17, 15) is 9.18 Å². The molecule has 1 aliphatic carbocycles. The minimum atomic E-state index is -0.136. The van der Waals surface area contributed by atoms with E-state index in [1.165, 1.54) is 0 Å². The van der Waals surface area contributed by atoms with E-state index in [1.54, 1.807) is 40.8 Å². The van der Waals surface area contributed by atoms with Gasteiger partial charge in [-0.2, -0.15) is 10.4 Å². The Bertz CT molecular complexity index is 1370. The molecule has 2 aliphatic rings. The average molecular weight is 492 g/mol. The van der Waals surface area contributed by atoms with E-state index < -0.39 is 0 Å². The van der Waals surface area contributed by atoms with Crippen molar-refractivity contribution in [2.45, 2.75) is 77.0 Å². The maximum Gasteiger partial charge on any atom is 0.252 e. The molecule has 36 heavy (non-hydrogen) atoms. The lowest BCUT2D eigenvalue weighted by molar-refractivity contribution is 0.0989. The summed E-state index contributed by atoms with van der Waals surface area (Å²) >= 11 is 0. The molecular weight excluding hydrogens is 457 g/mol. The molecule has 0 radical (unpaired) electrons. The summed E-state index contributed by atoms with van der Waals surface area (Å²) in [5.74, 6) is 0.203. The van der Waals surface area contributed by atoms with Crippen molar-refractivity contribution in [3.63, 3.8) is 0 Å². The monoisotopic (exact) mass is 491 g/mol. The van der Waals surface area contributed by atoms with Crippen molar-refractivity contribution >= 4 is 16.7 Å². The highest BCUT2D eigenvalue weighted by Crippen LogP contribution is 2.41. The molecular formula is C27H34FN7O. The van der Waals surface area contributed by atoms with Crippen LogP contribution in [0.25, 0.3) is 11.0 Å². The Labute approximate surface area is 210 Å². The van der Waals surface area contributed by atoms with Crippen molar-refractivity contribution in [1.82, 2.24) is 24.2 Å². The SMILES string of the molecule is CC[C@H]1CN(C(C)c2cc(F)c(C3CC3)cn2)[C@H](CC)CN1c1cc(=O)n(C)c2cn(CC#N)nc12. The standard InChI is InChI=1S/C27H34FN7O/c1-5-19-15-35(24-12-26(36)32(4)25-16-33(10-9-29)31-27(24)25)20(6-2)14-34(19)17(3)23-11-22(28)21(13-30-23)18-7-8-18/h11-13,16-20H,5-8,10,14-15H2,1-4H3/t17?,19-,20+/m1/s1. The van der Waals surface area contributed by atoms with Gasteiger partial charge in [0.1, 0.15) is 17.9 Å². The lowest BCUT2D eigenvalue weighted by atomic mass is 9.98. The molecule has 8 nitrogen and oxygen atoms in total. The fourth-order valence-corrected chi connectivity index (χ4v) is 5.62. The van der Waals surface area contributed by atoms with Crippen molar-refractivity contribution in [1.29, 1.82) is 5.26 Å². The zero-order valence-electron chi connectivity index (χ0n) is 21.5. The van der Waals surface area contributed by atoms with Crippen LogP contribution < -0.4 is 10.5 Å². The minimum Gasteiger partial charge on any atom is -0.364 e. The molecule has 2 fully saturated rings. The zero-order chi connectivity index (χ0) is 25.6. The van der Waals surface area contributed by atoms with Crippen LogP contribution in [-0.2, 0) is 13.6 Å². The maximum atomic E-state index is 14.8. The molecule has 9 heteroatoms. The van der Waals surface area contributed by atoms with E-state index in [4.69, 9.17) is 5.26 Å². The molecule has 0 bridgehead atoms. The fraction of sp³-hybridized carbons (Fsp3) is 0.556. The smallest absolute Gasteiger partial charge is 0.252 e. The number of anilines is 1. The van der Waals surface area contributed by atoms with Gasteiger partial charge in [0, 0.05) is 56.1 Å². The summed E-state index contributed by atoms with van der Waals surface area (Å²) in [6.45, 7) is 8.08. The Morgan fingerprint density at radius 1 is 1.19 bits per heavy atom. The van der Waals surface area contributed by atoms with Gasteiger partial charge in [0.25, 0.3) is 5.56 Å². The molecule has 1 aliphatic heterocycles. The summed E-state index contributed by atoms with van der Waals surface area (Å²) < 4.78 is 18.0. The number of aromatic nitrogens is 4. The van der Waals surface area contributed by atoms with E-state index in [-0.39, 0.29) is 36.0 Å². The van der Waals surface area contributed by atoms with Gasteiger partial charge in [-0.05, 0) is 44.6 Å². The van der Waals surface area contributed by atoms with Gasteiger partial charge in [0.15, 0.2) is 0 Å². The van der Waals surface area contributed by atoms with Crippen LogP contribution in [0.4, 0.5) is 10.1 Å². The first-order valence-electron chi connectivity index (χ1n) is 13.0. The van der Waals surface area contributed by atoms with Crippen molar-refractivity contribution in [2.24, 2.45) is 7.05 Å². The van der Waals surface area contributed by atoms with Gasteiger partial charge < -0.3 is 9.47 Å². The summed E-state index contributed by atoms with van der Waals surface area (Å²) in [7, 11) is 1.74. The molecule has 3 aromatic heterocycles. The van der Waals surface area contributed by atoms with Gasteiger partial charge in [-0.1, -0.05) is 13.8 Å². The van der Waals surface area contributed by atoms with Gasteiger partial charge in [-0.3, -0.25) is 19.4 Å². The first-order valence-corrected chi connectivity index (χ1v) is 13.0. The van der Waals surface area contributed by atoms with Gasteiger partial charge in [0.05, 0.1) is 29.2 Å². The summed E-state index contributed by atoms with van der Waals surface area (Å²) in [4.78, 5) is 22.3. The van der Waals surface area contributed by atoms with Crippen LogP contribution in [0.15, 0.2) is 29.3 Å².